The monoisotopic (exact) mass is 1870 g/mol. The van der Waals surface area contributed by atoms with Gasteiger partial charge in [0.1, 0.15) is 89.1 Å². The Morgan fingerprint density at radius 3 is 1.85 bits per heavy atom. The largest absolute Gasteiger partial charge is 0.508 e. The zero-order chi connectivity index (χ0) is 93.3. The van der Waals surface area contributed by atoms with Gasteiger partial charge in [0.05, 0.1) is 34.8 Å². The summed E-state index contributed by atoms with van der Waals surface area (Å²) in [5.74, 6) is -16.5. The number of aliphatic carboxylic acids is 1. The Morgan fingerprint density at radius 1 is 0.626 bits per heavy atom. The molecule has 33 nitrogen and oxygen atoms in total. The summed E-state index contributed by atoms with van der Waals surface area (Å²) in [6, 6.07) is 34.0. The third-order valence-electron chi connectivity index (χ3n) is 23.3. The van der Waals surface area contributed by atoms with Crippen molar-refractivity contribution in [2.45, 2.75) is 169 Å². The Kier molecular flexibility index (Phi) is 28.0. The molecule has 7 aliphatic heterocycles. The second-order valence-corrected chi connectivity index (χ2v) is 35.5. The summed E-state index contributed by atoms with van der Waals surface area (Å²) in [6.07, 6.45) is -18.4. The molecule has 18 N–H and O–H groups in total. The number of aliphatic hydroxyl groups excluding tert-OH is 5. The highest BCUT2D eigenvalue weighted by Gasteiger charge is 2.53. The lowest BCUT2D eigenvalue weighted by atomic mass is 9.84. The van der Waals surface area contributed by atoms with Crippen LogP contribution < -0.4 is 57.2 Å². The van der Waals surface area contributed by atoms with Gasteiger partial charge in [0.15, 0.2) is 35.7 Å². The van der Waals surface area contributed by atoms with Gasteiger partial charge in [-0.3, -0.25) is 33.6 Å². The number of hydrogen-bond acceptors (Lipinski definition) is 26. The number of aromatic hydroxyl groups is 3. The van der Waals surface area contributed by atoms with E-state index >= 15 is 24.0 Å². The number of thioether (sulfide) groups is 1. The van der Waals surface area contributed by atoms with E-state index in [4.69, 9.17) is 78.4 Å². The predicted octanol–water partition coefficient (Wildman–Crippen LogP) is 10.4. The molecule has 18 atom stereocenters. The number of aliphatic hydroxyl groups is 5. The maximum absolute atomic E-state index is 16.5. The van der Waals surface area contributed by atoms with E-state index in [2.05, 4.69) is 37.2 Å². The molecule has 10 unspecified atom stereocenters. The lowest BCUT2D eigenvalue weighted by Crippen LogP contribution is -2.65. The first kappa shape index (κ1) is 93.3. The lowest BCUT2D eigenvalue weighted by molar-refractivity contribution is -0.330. The standard InChI is InChI=1S/C94H92Cl3N9O24S/c1-42(2)30-43(3)85(116)104-75-77(111)51-23-28-63(58(96)32-51)125-65-34-53-35-66(126-64-29-24-52(33-59(64)97)78(112)76-90(121)103-74(91(122)123)57-36-55(107)37-62(109)70(57)56-31-50(22-27-61(56)108)72(87(118)105-76)102-88(119)73(53)101-86(117)60(38-68(98)110)100-89(75)120)82(65)129-92-83(128-69-39-94(5,84(115)44(4)124-69)99-40-45-16-18-46(19-17-45)47-20-25-54(95)26-21-47)80(114)79(113)67(127-92)41-131-93-106-71(48-12-8-6-9-13-48)81(130-93)49-14-10-7-11-15-49/h6-29,31-37,42-44,60,67,69,72-80,83-84,92,99,107-109,111-115H,30,38-41H2,1-5H3,(H2,98,110)(H,100,120)(H,101,117)(H,102,119)(H,103,121)(H,104,116)(H,105,118)(H,122,123)/t43-,44?,60+,67?,69?,72?,73-,74-,75-,76+,77-,78-,79?,80?,83?,84?,92?,94?/m1/s1. The molecule has 7 aliphatic rings. The number of carboxylic acids is 1. The summed E-state index contributed by atoms with van der Waals surface area (Å²) in [7, 11) is 0. The van der Waals surface area contributed by atoms with Crippen molar-refractivity contribution in [1.29, 1.82) is 0 Å². The number of hydrogen-bond donors (Lipinski definition) is 17. The third kappa shape index (κ3) is 20.5. The van der Waals surface area contributed by atoms with Crippen LogP contribution in [-0.2, 0) is 59.1 Å². The molecule has 11 bridgehead atoms. The number of benzene rings is 9. The molecule has 131 heavy (non-hydrogen) atoms. The van der Waals surface area contributed by atoms with Gasteiger partial charge in [-0.1, -0.05) is 183 Å². The van der Waals surface area contributed by atoms with Crippen LogP contribution in [0, 0.1) is 11.8 Å². The average molecular weight is 1870 g/mol. The molecule has 684 valence electrons. The highest BCUT2D eigenvalue weighted by Crippen LogP contribution is 2.51. The van der Waals surface area contributed by atoms with Gasteiger partial charge in [0, 0.05) is 69.1 Å². The van der Waals surface area contributed by atoms with Crippen LogP contribution in [0.1, 0.15) is 118 Å². The summed E-state index contributed by atoms with van der Waals surface area (Å²) in [6.45, 7) is 8.81. The van der Waals surface area contributed by atoms with Crippen molar-refractivity contribution in [2.24, 2.45) is 17.6 Å². The third-order valence-corrected chi connectivity index (χ3v) is 25.1. The molecule has 0 spiro atoms. The number of phenols is 3. The van der Waals surface area contributed by atoms with Crippen molar-refractivity contribution in [3.8, 4) is 90.8 Å². The quantitative estimate of drug-likeness (QED) is 0.0315. The van der Waals surface area contributed by atoms with Crippen molar-refractivity contribution >= 4 is 93.9 Å². The Morgan fingerprint density at radius 2 is 1.23 bits per heavy atom. The number of nitrogens with two attached hydrogens (primary N) is 1. The van der Waals surface area contributed by atoms with E-state index in [1.807, 2.05) is 111 Å². The van der Waals surface area contributed by atoms with Crippen LogP contribution in [0.15, 0.2) is 198 Å². The fourth-order valence-corrected chi connectivity index (χ4v) is 18.0. The van der Waals surface area contributed by atoms with E-state index in [0.717, 1.165) is 83.0 Å². The van der Waals surface area contributed by atoms with Crippen LogP contribution in [0.5, 0.6) is 46.0 Å². The highest BCUT2D eigenvalue weighted by molar-refractivity contribution is 7.99. The SMILES string of the molecule is CC(C)C[C@@H](C)C(=O)N[C@H]1C(=O)N[C@@H](CC(N)=O)C(=O)N[C@H]2C(=O)NC3C(=O)N[C@H](C(=O)N[C@@H](C(=O)O)c4cc(O)cc(O)c4-c4cc3ccc4O)[C@H](O)c3ccc(c(Cl)c3)Oc3cc2cc(c3OC2OC(CSc3nc(-c4ccccc4)c(-c4ccccc4)o3)C(O)C(O)C2OC2CC(C)(NCc3ccc(-c4ccc(Cl)cc4)cc3)C(O)C(C)O2)Oc2ccc(cc2Cl)[C@H]1O. The minimum atomic E-state index is -2.37. The first-order valence-corrected chi connectivity index (χ1v) is 43.9. The maximum Gasteiger partial charge on any atom is 0.330 e. The molecular weight excluding hydrogens is 1780 g/mol. The molecule has 0 aliphatic carbocycles. The number of carboxylic acid groups (broad SMARTS) is 1. The smallest absolute Gasteiger partial charge is 0.330 e. The second-order valence-electron chi connectivity index (χ2n) is 33.3. The van der Waals surface area contributed by atoms with Crippen LogP contribution in [0.4, 0.5) is 0 Å². The fraction of sp³-hybridized carbons (Fsp3) is 0.309. The first-order chi connectivity index (χ1) is 62.5. The Bertz CT molecular complexity index is 5950. The molecule has 17 rings (SSSR count). The zero-order valence-electron chi connectivity index (χ0n) is 70.5. The van der Waals surface area contributed by atoms with Crippen LogP contribution >= 0.6 is 46.6 Å². The normalized spacial score (nSPS) is 25.3. The second kappa shape index (κ2) is 39.3. The van der Waals surface area contributed by atoms with E-state index in [1.54, 1.807) is 32.9 Å². The van der Waals surface area contributed by atoms with E-state index in [0.29, 0.717) is 27.6 Å². The van der Waals surface area contributed by atoms with Gasteiger partial charge in [0.2, 0.25) is 53.4 Å². The molecule has 10 aromatic rings. The minimum absolute atomic E-state index is 0.0592. The van der Waals surface area contributed by atoms with Crippen molar-refractivity contribution in [3.05, 3.63) is 237 Å². The molecule has 1 aromatic heterocycles. The van der Waals surface area contributed by atoms with Gasteiger partial charge in [-0.05, 0) is 132 Å². The number of phenolic OH excluding ortho intramolecular Hbond substituents is 3. The maximum atomic E-state index is 16.5. The molecule has 0 radical (unpaired) electrons. The average Bonchev–Trinajstić information content (AvgIpc) is 0.789. The number of carbonyl (C=O) groups is 8. The number of aromatic nitrogens is 1. The molecule has 37 heteroatoms. The predicted molar refractivity (Wildman–Crippen MR) is 476 cm³/mol. The van der Waals surface area contributed by atoms with Crippen LogP contribution in [0.25, 0.3) is 44.8 Å². The van der Waals surface area contributed by atoms with Gasteiger partial charge in [-0.25, -0.2) is 9.78 Å². The summed E-state index contributed by atoms with van der Waals surface area (Å²) >= 11 is 21.8. The fourth-order valence-electron chi connectivity index (χ4n) is 16.5. The van der Waals surface area contributed by atoms with Crippen LogP contribution in [0.2, 0.25) is 15.1 Å². The zero-order valence-corrected chi connectivity index (χ0v) is 73.6. The van der Waals surface area contributed by atoms with Crippen LogP contribution in [-0.4, -0.2) is 177 Å². The molecule has 2 saturated heterocycles. The molecule has 7 amide bonds. The number of oxazole rings is 1. The summed E-state index contributed by atoms with van der Waals surface area (Å²) in [5, 5.41) is 127. The number of amides is 7. The number of fused-ring (bicyclic) bond motifs is 15. The van der Waals surface area contributed by atoms with Gasteiger partial charge >= 0.3 is 5.97 Å². The van der Waals surface area contributed by atoms with Crippen molar-refractivity contribution in [2.75, 3.05) is 5.75 Å². The number of nitrogens with one attached hydrogen (secondary N) is 7. The van der Waals surface area contributed by atoms with Gasteiger partial charge in [-0.2, -0.15) is 0 Å². The van der Waals surface area contributed by atoms with Gasteiger partial charge < -0.3 is 122 Å². The Hall–Kier alpha value is -12.4. The molecule has 9 aromatic carbocycles. The van der Waals surface area contributed by atoms with Crippen molar-refractivity contribution in [3.63, 3.8) is 0 Å². The summed E-state index contributed by atoms with van der Waals surface area (Å²) in [5.41, 5.74) is 6.23. The van der Waals surface area contributed by atoms with Crippen LogP contribution in [0.3, 0.4) is 0 Å². The lowest BCUT2D eigenvalue weighted by Gasteiger charge is -2.48. The number of rotatable bonds is 20. The number of nitrogens with zero attached hydrogens (tertiary/aromatic N) is 1. The molecule has 2 fully saturated rings. The van der Waals surface area contributed by atoms with E-state index < -0.39 is 230 Å². The first-order valence-electron chi connectivity index (χ1n) is 41.8. The van der Waals surface area contributed by atoms with Crippen molar-refractivity contribution < 1.29 is 117 Å². The molecule has 0 saturated carbocycles. The minimum Gasteiger partial charge on any atom is -0.508 e. The number of ether oxygens (including phenoxy) is 6. The van der Waals surface area contributed by atoms with Crippen molar-refractivity contribution in [1.82, 2.24) is 42.2 Å². The summed E-state index contributed by atoms with van der Waals surface area (Å²) < 4.78 is 47.8. The van der Waals surface area contributed by atoms with Gasteiger partial charge in [0.25, 0.3) is 5.22 Å². The highest BCUT2D eigenvalue weighted by atomic mass is 35.5. The molecular formula is C94H92Cl3N9O24S. The summed E-state index contributed by atoms with van der Waals surface area (Å²) in [4.78, 5) is 124. The topological polar surface area (TPSA) is 510 Å². The number of primary amides is 1. The number of halogens is 3. The number of carbonyl (C=O) groups excluding carboxylic acids is 7. The van der Waals surface area contributed by atoms with E-state index in [-0.39, 0.29) is 63.7 Å². The van der Waals surface area contributed by atoms with E-state index in [1.165, 1.54) is 24.3 Å². The molecule has 8 heterocycles. The Balaban J connectivity index is 0.911. The van der Waals surface area contributed by atoms with Gasteiger partial charge in [-0.15, -0.1) is 0 Å². The Labute approximate surface area is 768 Å². The van der Waals surface area contributed by atoms with E-state index in [9.17, 15) is 60.3 Å².